The monoisotopic (exact) mass is 328 g/mol. The molecule has 2 N–H and O–H groups in total. The minimum Gasteiger partial charge on any atom is -0.354 e. The van der Waals surface area contributed by atoms with Crippen LogP contribution in [0.4, 0.5) is 5.82 Å². The Kier molecular flexibility index (Phi) is 3.71. The first-order valence-corrected chi connectivity index (χ1v) is 9.71. The summed E-state index contributed by atoms with van der Waals surface area (Å²) in [6.45, 7) is 1.97. The van der Waals surface area contributed by atoms with Crippen molar-refractivity contribution >= 4 is 32.0 Å². The Labute approximate surface area is 128 Å². The fourth-order valence-corrected chi connectivity index (χ4v) is 5.35. The average molecular weight is 328 g/mol. The van der Waals surface area contributed by atoms with E-state index in [4.69, 9.17) is 5.73 Å². The molecule has 3 rings (SSSR count). The molecule has 0 amide bonds. The third-order valence-electron chi connectivity index (χ3n) is 3.95. The van der Waals surface area contributed by atoms with E-state index in [1.807, 2.05) is 30.4 Å². The fourth-order valence-electron chi connectivity index (χ4n) is 2.85. The molecule has 1 fully saturated rings. The quantitative estimate of drug-likeness (QED) is 0.902. The second kappa shape index (κ2) is 5.26. The first-order valence-electron chi connectivity index (χ1n) is 7.00. The normalized spacial score (nSPS) is 22.7. The first kappa shape index (κ1) is 14.8. The van der Waals surface area contributed by atoms with Crippen LogP contribution in [0.1, 0.15) is 19.0 Å². The Morgan fingerprint density at radius 3 is 3.00 bits per heavy atom. The van der Waals surface area contributed by atoms with E-state index in [1.54, 1.807) is 11.3 Å². The predicted octanol–water partition coefficient (Wildman–Crippen LogP) is 0.909. The summed E-state index contributed by atoms with van der Waals surface area (Å²) in [6, 6.07) is 0.0377. The van der Waals surface area contributed by atoms with Gasteiger partial charge >= 0.3 is 0 Å². The molecule has 116 valence electrons. The molecule has 1 saturated heterocycles. The number of nitrogens with zero attached hydrogens (tertiary/aromatic N) is 3. The summed E-state index contributed by atoms with van der Waals surface area (Å²) in [5, 5.41) is 2.00. The van der Waals surface area contributed by atoms with Crippen molar-refractivity contribution in [3.8, 4) is 0 Å². The number of nitrogens with two attached hydrogens (primary N) is 1. The number of fused-ring (bicyclic) bond motifs is 1. The highest BCUT2D eigenvalue weighted by atomic mass is 32.2. The lowest BCUT2D eigenvalue weighted by atomic mass is 10.1. The van der Waals surface area contributed by atoms with E-state index >= 15 is 0 Å². The van der Waals surface area contributed by atoms with E-state index in [2.05, 4.69) is 9.38 Å². The minimum atomic E-state index is -2.90. The Bertz CT molecular complexity index is 747. The molecule has 1 aliphatic heterocycles. The van der Waals surface area contributed by atoms with Gasteiger partial charge in [-0.15, -0.1) is 11.3 Å². The number of rotatable bonds is 4. The second-order valence-corrected chi connectivity index (χ2v) is 8.89. The summed E-state index contributed by atoms with van der Waals surface area (Å²) < 4.78 is 25.4. The average Bonchev–Trinajstić information content (AvgIpc) is 3.04. The summed E-state index contributed by atoms with van der Waals surface area (Å²) in [5.74, 6) is 1.35. The molecule has 2 atom stereocenters. The molecular formula is C13H20N4O2S2. The van der Waals surface area contributed by atoms with Crippen molar-refractivity contribution in [3.63, 3.8) is 0 Å². The summed E-state index contributed by atoms with van der Waals surface area (Å²) in [5.41, 5.74) is 7.02. The summed E-state index contributed by atoms with van der Waals surface area (Å²) in [7, 11) is -0.966. The minimum absolute atomic E-state index is 0.00596. The van der Waals surface area contributed by atoms with Crippen LogP contribution in [-0.4, -0.2) is 48.4 Å². The van der Waals surface area contributed by atoms with Gasteiger partial charge in [-0.2, -0.15) is 0 Å². The maximum absolute atomic E-state index is 11.7. The Hall–Kier alpha value is -1.12. The summed E-state index contributed by atoms with van der Waals surface area (Å²) in [4.78, 5) is 7.62. The van der Waals surface area contributed by atoms with Crippen LogP contribution in [0.5, 0.6) is 0 Å². The van der Waals surface area contributed by atoms with Crippen LogP contribution in [0, 0.1) is 0 Å². The molecule has 1 aliphatic rings. The van der Waals surface area contributed by atoms with Gasteiger partial charge in [0.25, 0.3) is 0 Å². The lowest BCUT2D eigenvalue weighted by Gasteiger charge is -2.24. The Morgan fingerprint density at radius 2 is 2.38 bits per heavy atom. The molecule has 0 spiro atoms. The number of hydrogen-bond donors (Lipinski definition) is 1. The van der Waals surface area contributed by atoms with Crippen molar-refractivity contribution in [2.24, 2.45) is 5.73 Å². The van der Waals surface area contributed by atoms with Gasteiger partial charge in [0.15, 0.2) is 20.6 Å². The van der Waals surface area contributed by atoms with E-state index in [0.29, 0.717) is 6.42 Å². The lowest BCUT2D eigenvalue weighted by molar-refractivity contribution is 0.600. The van der Waals surface area contributed by atoms with E-state index in [9.17, 15) is 8.42 Å². The van der Waals surface area contributed by atoms with E-state index in [1.165, 1.54) is 0 Å². The molecule has 0 aliphatic carbocycles. The predicted molar refractivity (Wildman–Crippen MR) is 85.9 cm³/mol. The third-order valence-corrected chi connectivity index (χ3v) is 6.45. The first-order chi connectivity index (χ1) is 9.87. The lowest BCUT2D eigenvalue weighted by Crippen LogP contribution is -2.34. The Balaban J connectivity index is 1.97. The maximum atomic E-state index is 11.7. The number of imidazole rings is 1. The zero-order valence-corrected chi connectivity index (χ0v) is 13.8. The van der Waals surface area contributed by atoms with Gasteiger partial charge in [0.1, 0.15) is 0 Å². The smallest absolute Gasteiger partial charge is 0.195 e. The highest BCUT2D eigenvalue weighted by Gasteiger charge is 2.33. The van der Waals surface area contributed by atoms with Crippen LogP contribution in [0.15, 0.2) is 11.6 Å². The number of hydrogen-bond acceptors (Lipinski definition) is 6. The molecular weight excluding hydrogens is 308 g/mol. The van der Waals surface area contributed by atoms with Crippen molar-refractivity contribution < 1.29 is 8.42 Å². The van der Waals surface area contributed by atoms with Gasteiger partial charge < -0.3 is 10.6 Å². The Morgan fingerprint density at radius 1 is 1.62 bits per heavy atom. The van der Waals surface area contributed by atoms with Crippen LogP contribution in [0.2, 0.25) is 0 Å². The van der Waals surface area contributed by atoms with Crippen LogP contribution in [-0.2, 0) is 16.3 Å². The second-order valence-electron chi connectivity index (χ2n) is 5.79. The van der Waals surface area contributed by atoms with Crippen LogP contribution >= 0.6 is 11.3 Å². The van der Waals surface area contributed by atoms with Crippen molar-refractivity contribution in [1.82, 2.24) is 9.38 Å². The zero-order valence-electron chi connectivity index (χ0n) is 12.2. The number of anilines is 1. The summed E-state index contributed by atoms with van der Waals surface area (Å²) >= 11 is 1.58. The highest BCUT2D eigenvalue weighted by Crippen LogP contribution is 2.29. The topological polar surface area (TPSA) is 80.7 Å². The van der Waals surface area contributed by atoms with Gasteiger partial charge in [-0.25, -0.2) is 13.4 Å². The van der Waals surface area contributed by atoms with Crippen molar-refractivity contribution in [1.29, 1.82) is 0 Å². The van der Waals surface area contributed by atoms with E-state index < -0.39 is 9.84 Å². The molecule has 6 nitrogen and oxygen atoms in total. The zero-order chi connectivity index (χ0) is 15.2. The molecule has 0 radical (unpaired) electrons. The molecule has 3 heterocycles. The van der Waals surface area contributed by atoms with Crippen LogP contribution in [0.3, 0.4) is 0 Å². The third kappa shape index (κ3) is 2.79. The molecule has 21 heavy (non-hydrogen) atoms. The molecule has 2 aromatic heterocycles. The van der Waals surface area contributed by atoms with Gasteiger partial charge in [-0.05, 0) is 13.3 Å². The van der Waals surface area contributed by atoms with Gasteiger partial charge in [-0.3, -0.25) is 4.40 Å². The summed E-state index contributed by atoms with van der Waals surface area (Å²) in [6.07, 6.45) is 3.38. The van der Waals surface area contributed by atoms with Gasteiger partial charge in [0, 0.05) is 37.1 Å². The molecule has 8 heteroatoms. The number of thiazole rings is 1. The van der Waals surface area contributed by atoms with E-state index in [-0.39, 0.29) is 23.6 Å². The SMILES string of the molecule is CC(N)Cc1c(N(C)C2CCS(=O)(=O)C2)nc2sccn12. The fraction of sp³-hybridized carbons (Fsp3) is 0.615. The molecule has 2 aromatic rings. The molecule has 0 bridgehead atoms. The largest absolute Gasteiger partial charge is 0.354 e. The van der Waals surface area contributed by atoms with Gasteiger partial charge in [0.05, 0.1) is 17.2 Å². The highest BCUT2D eigenvalue weighted by molar-refractivity contribution is 7.91. The standard InChI is InChI=1S/C13H20N4O2S2/c1-9(14)7-11-12(15-13-17(11)4-5-20-13)16(2)10-3-6-21(18,19)8-10/h4-5,9-10H,3,6-8,14H2,1-2H3. The number of sulfone groups is 1. The molecule has 0 aromatic carbocycles. The van der Waals surface area contributed by atoms with Crippen LogP contribution < -0.4 is 10.6 Å². The van der Waals surface area contributed by atoms with Gasteiger partial charge in [0.2, 0.25) is 0 Å². The maximum Gasteiger partial charge on any atom is 0.195 e. The van der Waals surface area contributed by atoms with Gasteiger partial charge in [-0.1, -0.05) is 0 Å². The van der Waals surface area contributed by atoms with E-state index in [0.717, 1.165) is 22.9 Å². The van der Waals surface area contributed by atoms with Crippen molar-refractivity contribution in [3.05, 3.63) is 17.3 Å². The van der Waals surface area contributed by atoms with Crippen LogP contribution in [0.25, 0.3) is 4.96 Å². The number of aromatic nitrogens is 2. The molecule has 2 unspecified atom stereocenters. The van der Waals surface area contributed by atoms with Crippen molar-refractivity contribution in [2.45, 2.75) is 31.8 Å². The molecule has 0 saturated carbocycles. The van der Waals surface area contributed by atoms with Crippen molar-refractivity contribution in [2.75, 3.05) is 23.5 Å².